The van der Waals surface area contributed by atoms with Crippen molar-refractivity contribution in [2.24, 2.45) is 0 Å². The van der Waals surface area contributed by atoms with E-state index in [4.69, 9.17) is 0 Å². The SMILES string of the molecule is FCNn1ccc2ncccc21. The van der Waals surface area contributed by atoms with Crippen LogP contribution in [0.5, 0.6) is 0 Å². The maximum absolute atomic E-state index is 11.9. The molecule has 0 aliphatic carbocycles. The summed E-state index contributed by atoms with van der Waals surface area (Å²) >= 11 is 0. The van der Waals surface area contributed by atoms with E-state index < -0.39 is 6.80 Å². The van der Waals surface area contributed by atoms with E-state index in [1.54, 1.807) is 17.1 Å². The average molecular weight is 165 g/mol. The molecule has 0 atom stereocenters. The number of alkyl halides is 1. The standard InChI is InChI=1S/C8H8FN3/c9-6-11-12-5-3-7-8(12)2-1-4-10-7/h1-5,11H,6H2. The zero-order chi connectivity index (χ0) is 8.39. The lowest BCUT2D eigenvalue weighted by molar-refractivity contribution is 0.505. The van der Waals surface area contributed by atoms with Crippen molar-refractivity contribution in [3.63, 3.8) is 0 Å². The first-order valence-corrected chi connectivity index (χ1v) is 3.64. The first-order chi connectivity index (χ1) is 5.92. The van der Waals surface area contributed by atoms with Crippen molar-refractivity contribution >= 4 is 11.0 Å². The third kappa shape index (κ3) is 1.01. The predicted octanol–water partition coefficient (Wildman–Crippen LogP) is 1.51. The van der Waals surface area contributed by atoms with Gasteiger partial charge in [-0.05, 0) is 18.2 Å². The molecule has 3 nitrogen and oxygen atoms in total. The minimum atomic E-state index is -0.585. The number of nitrogens with one attached hydrogen (secondary N) is 1. The molecule has 2 aromatic rings. The van der Waals surface area contributed by atoms with Crippen molar-refractivity contribution < 1.29 is 4.39 Å². The lowest BCUT2D eigenvalue weighted by atomic mass is 10.4. The second-order valence-electron chi connectivity index (χ2n) is 2.39. The fraction of sp³-hybridized carbons (Fsp3) is 0.125. The summed E-state index contributed by atoms with van der Waals surface area (Å²) in [6.07, 6.45) is 3.46. The molecule has 12 heavy (non-hydrogen) atoms. The van der Waals surface area contributed by atoms with Crippen molar-refractivity contribution in [2.45, 2.75) is 0 Å². The molecule has 0 aromatic carbocycles. The Hall–Kier alpha value is -1.58. The molecule has 0 radical (unpaired) electrons. The van der Waals surface area contributed by atoms with E-state index in [2.05, 4.69) is 10.4 Å². The van der Waals surface area contributed by atoms with Gasteiger partial charge in [0, 0.05) is 12.4 Å². The Balaban J connectivity index is 2.55. The fourth-order valence-corrected chi connectivity index (χ4v) is 1.17. The van der Waals surface area contributed by atoms with Gasteiger partial charge in [0.05, 0.1) is 11.0 Å². The van der Waals surface area contributed by atoms with Crippen LogP contribution < -0.4 is 5.43 Å². The van der Waals surface area contributed by atoms with Crippen LogP contribution in [0.2, 0.25) is 0 Å². The molecule has 0 bridgehead atoms. The molecule has 2 rings (SSSR count). The van der Waals surface area contributed by atoms with Gasteiger partial charge < -0.3 is 0 Å². The molecule has 62 valence electrons. The second-order valence-corrected chi connectivity index (χ2v) is 2.39. The minimum Gasteiger partial charge on any atom is -0.296 e. The number of halogens is 1. The molecule has 0 saturated carbocycles. The molecule has 0 unspecified atom stereocenters. The largest absolute Gasteiger partial charge is 0.296 e. The van der Waals surface area contributed by atoms with Gasteiger partial charge in [-0.2, -0.15) is 0 Å². The first-order valence-electron chi connectivity index (χ1n) is 3.64. The molecule has 0 aliphatic heterocycles. The van der Waals surface area contributed by atoms with Crippen LogP contribution in [-0.4, -0.2) is 16.5 Å². The molecular formula is C8H8FN3. The van der Waals surface area contributed by atoms with Gasteiger partial charge in [-0.3, -0.25) is 15.1 Å². The molecule has 0 saturated heterocycles. The van der Waals surface area contributed by atoms with Gasteiger partial charge in [0.1, 0.15) is 0 Å². The zero-order valence-corrected chi connectivity index (χ0v) is 6.37. The predicted molar refractivity (Wildman–Crippen MR) is 45.1 cm³/mol. The summed E-state index contributed by atoms with van der Waals surface area (Å²) < 4.78 is 13.5. The Bertz CT molecular complexity index is 382. The quantitative estimate of drug-likeness (QED) is 0.683. The van der Waals surface area contributed by atoms with E-state index in [9.17, 15) is 4.39 Å². The summed E-state index contributed by atoms with van der Waals surface area (Å²) in [4.78, 5) is 4.10. The van der Waals surface area contributed by atoms with Gasteiger partial charge in [0.2, 0.25) is 0 Å². The molecule has 0 spiro atoms. The third-order valence-corrected chi connectivity index (χ3v) is 1.69. The van der Waals surface area contributed by atoms with Gasteiger partial charge in [-0.15, -0.1) is 0 Å². The molecule has 2 heterocycles. The third-order valence-electron chi connectivity index (χ3n) is 1.69. The number of nitrogens with zero attached hydrogens (tertiary/aromatic N) is 2. The van der Waals surface area contributed by atoms with Gasteiger partial charge in [0.15, 0.2) is 6.80 Å². The van der Waals surface area contributed by atoms with Gasteiger partial charge in [-0.25, -0.2) is 4.39 Å². The van der Waals surface area contributed by atoms with Crippen LogP contribution >= 0.6 is 0 Å². The first kappa shape index (κ1) is 7.09. The van der Waals surface area contributed by atoms with Crippen molar-refractivity contribution in [3.05, 3.63) is 30.6 Å². The molecule has 0 fully saturated rings. The molecule has 4 heteroatoms. The lowest BCUT2D eigenvalue weighted by Crippen LogP contribution is -2.11. The van der Waals surface area contributed by atoms with Crippen molar-refractivity contribution in [2.75, 3.05) is 12.2 Å². The molecule has 0 amide bonds. The Morgan fingerprint density at radius 2 is 2.42 bits per heavy atom. The van der Waals surface area contributed by atoms with E-state index in [0.29, 0.717) is 0 Å². The number of pyridine rings is 1. The smallest absolute Gasteiger partial charge is 0.172 e. The summed E-state index contributed by atoms with van der Waals surface area (Å²) in [6.45, 7) is -0.585. The molecule has 2 aromatic heterocycles. The Morgan fingerprint density at radius 1 is 1.50 bits per heavy atom. The van der Waals surface area contributed by atoms with Crippen LogP contribution in [0, 0.1) is 0 Å². The van der Waals surface area contributed by atoms with Gasteiger partial charge in [0.25, 0.3) is 0 Å². The Morgan fingerprint density at radius 3 is 3.25 bits per heavy atom. The van der Waals surface area contributed by atoms with Crippen molar-refractivity contribution in [3.8, 4) is 0 Å². The average Bonchev–Trinajstić information content (AvgIpc) is 2.50. The van der Waals surface area contributed by atoms with Gasteiger partial charge >= 0.3 is 0 Å². The maximum Gasteiger partial charge on any atom is 0.172 e. The summed E-state index contributed by atoms with van der Waals surface area (Å²) in [6, 6.07) is 5.53. The topological polar surface area (TPSA) is 29.9 Å². The number of rotatable bonds is 2. The maximum atomic E-state index is 11.9. The van der Waals surface area contributed by atoms with Crippen LogP contribution in [0.1, 0.15) is 0 Å². The highest BCUT2D eigenvalue weighted by atomic mass is 19.1. The molecular weight excluding hydrogens is 157 g/mol. The highest BCUT2D eigenvalue weighted by molar-refractivity contribution is 5.75. The highest BCUT2D eigenvalue weighted by Crippen LogP contribution is 2.09. The van der Waals surface area contributed by atoms with Crippen LogP contribution in [0.25, 0.3) is 11.0 Å². The number of fused-ring (bicyclic) bond motifs is 1. The van der Waals surface area contributed by atoms with E-state index in [-0.39, 0.29) is 0 Å². The monoisotopic (exact) mass is 165 g/mol. The van der Waals surface area contributed by atoms with E-state index in [1.165, 1.54) is 0 Å². The van der Waals surface area contributed by atoms with E-state index in [1.807, 2.05) is 18.2 Å². The Kier molecular flexibility index (Phi) is 1.66. The summed E-state index contributed by atoms with van der Waals surface area (Å²) in [5.74, 6) is 0. The number of hydrogen-bond donors (Lipinski definition) is 1. The van der Waals surface area contributed by atoms with Crippen LogP contribution in [0.4, 0.5) is 4.39 Å². The van der Waals surface area contributed by atoms with E-state index in [0.717, 1.165) is 11.0 Å². The van der Waals surface area contributed by atoms with Crippen molar-refractivity contribution in [1.29, 1.82) is 0 Å². The number of aromatic nitrogens is 2. The van der Waals surface area contributed by atoms with Crippen LogP contribution in [0.3, 0.4) is 0 Å². The van der Waals surface area contributed by atoms with E-state index >= 15 is 0 Å². The zero-order valence-electron chi connectivity index (χ0n) is 6.37. The second kappa shape index (κ2) is 2.81. The lowest BCUT2D eigenvalue weighted by Gasteiger charge is -2.02. The molecule has 0 aliphatic rings. The fourth-order valence-electron chi connectivity index (χ4n) is 1.17. The molecule has 1 N–H and O–H groups in total. The van der Waals surface area contributed by atoms with Crippen molar-refractivity contribution in [1.82, 2.24) is 9.66 Å². The minimum absolute atomic E-state index is 0.585. The normalized spacial score (nSPS) is 10.4. The number of hydrogen-bond acceptors (Lipinski definition) is 2. The summed E-state index contributed by atoms with van der Waals surface area (Å²) in [5, 5.41) is 0. The summed E-state index contributed by atoms with van der Waals surface area (Å²) in [5.41, 5.74) is 4.28. The Labute approximate surface area is 68.8 Å². The van der Waals surface area contributed by atoms with Gasteiger partial charge in [-0.1, -0.05) is 0 Å². The highest BCUT2D eigenvalue weighted by Gasteiger charge is 1.98. The summed E-state index contributed by atoms with van der Waals surface area (Å²) in [7, 11) is 0. The van der Waals surface area contributed by atoms with Crippen LogP contribution in [0.15, 0.2) is 30.6 Å². The van der Waals surface area contributed by atoms with Crippen LogP contribution in [-0.2, 0) is 0 Å².